The molecule has 2 bridgehead atoms. The van der Waals surface area contributed by atoms with Gasteiger partial charge in [0.25, 0.3) is 5.91 Å². The Morgan fingerprint density at radius 3 is 2.56 bits per heavy atom. The highest BCUT2D eigenvalue weighted by Crippen LogP contribution is 2.41. The average molecular weight is 448 g/mol. The summed E-state index contributed by atoms with van der Waals surface area (Å²) in [4.78, 5) is 23.2. The molecule has 166 valence electrons. The monoisotopic (exact) mass is 448 g/mol. The summed E-state index contributed by atoms with van der Waals surface area (Å²) in [7, 11) is 0. The Morgan fingerprint density at radius 1 is 1.09 bits per heavy atom. The Hall–Kier alpha value is -3.57. The molecule has 2 saturated heterocycles. The van der Waals surface area contributed by atoms with Crippen LogP contribution < -0.4 is 4.74 Å². The van der Waals surface area contributed by atoms with E-state index in [-0.39, 0.29) is 29.2 Å². The van der Waals surface area contributed by atoms with Gasteiger partial charge >= 0.3 is 6.18 Å². The summed E-state index contributed by atoms with van der Waals surface area (Å²) in [5, 5.41) is 7.99. The average Bonchev–Trinajstić information content (AvgIpc) is 3.49. The van der Waals surface area contributed by atoms with Crippen molar-refractivity contribution in [3.05, 3.63) is 60.1 Å². The lowest BCUT2D eigenvalue weighted by Crippen LogP contribution is -2.40. The molecule has 2 aromatic heterocycles. The van der Waals surface area contributed by atoms with Gasteiger partial charge < -0.3 is 9.64 Å². The van der Waals surface area contributed by atoms with Crippen LogP contribution in [0.25, 0.3) is 5.69 Å². The van der Waals surface area contributed by atoms with Gasteiger partial charge in [-0.25, -0.2) is 14.4 Å². The summed E-state index contributed by atoms with van der Waals surface area (Å²) >= 11 is 0. The maximum atomic E-state index is 14.7. The zero-order chi connectivity index (χ0) is 22.5. The quantitative estimate of drug-likeness (QED) is 0.571. The van der Waals surface area contributed by atoms with E-state index in [1.165, 1.54) is 29.3 Å². The Bertz CT molecular complexity index is 1140. The Kier molecular flexibility index (Phi) is 4.79. The summed E-state index contributed by atoms with van der Waals surface area (Å²) in [5.74, 6) is -1.26. The van der Waals surface area contributed by atoms with E-state index in [1.54, 1.807) is 11.0 Å². The van der Waals surface area contributed by atoms with Crippen molar-refractivity contribution in [1.82, 2.24) is 29.9 Å². The molecular formula is C20H16F4N6O2. The second-order valence-electron chi connectivity index (χ2n) is 7.59. The predicted octanol–water partition coefficient (Wildman–Crippen LogP) is 3.04. The third-order valence-corrected chi connectivity index (χ3v) is 5.74. The second kappa shape index (κ2) is 7.53. The van der Waals surface area contributed by atoms with E-state index < -0.39 is 29.7 Å². The molecule has 0 saturated carbocycles. The lowest BCUT2D eigenvalue weighted by Gasteiger charge is -2.25. The topological polar surface area (TPSA) is 86.0 Å². The van der Waals surface area contributed by atoms with Crippen LogP contribution >= 0.6 is 0 Å². The normalized spacial score (nSPS) is 22.4. The molecule has 4 heterocycles. The van der Waals surface area contributed by atoms with Gasteiger partial charge in [-0.05, 0) is 25.0 Å². The van der Waals surface area contributed by atoms with Crippen molar-refractivity contribution in [2.75, 3.05) is 0 Å². The molecule has 3 aromatic rings. The number of alkyl halides is 3. The number of amides is 1. The van der Waals surface area contributed by atoms with Gasteiger partial charge in [-0.1, -0.05) is 6.07 Å². The number of halogens is 4. The molecule has 0 radical (unpaired) electrons. The molecule has 3 unspecified atom stereocenters. The smallest absolute Gasteiger partial charge is 0.434 e. The minimum Gasteiger partial charge on any atom is -0.471 e. The zero-order valence-electron chi connectivity index (χ0n) is 16.4. The number of hydrogen-bond donors (Lipinski definition) is 0. The number of carbonyl (C=O) groups is 1. The first-order valence-electron chi connectivity index (χ1n) is 9.86. The number of rotatable bonds is 4. The van der Waals surface area contributed by atoms with E-state index in [0.29, 0.717) is 19.0 Å². The van der Waals surface area contributed by atoms with Gasteiger partial charge in [0.15, 0.2) is 5.69 Å². The number of aromatic nitrogens is 5. The van der Waals surface area contributed by atoms with Crippen molar-refractivity contribution in [2.24, 2.45) is 0 Å². The van der Waals surface area contributed by atoms with E-state index >= 15 is 0 Å². The lowest BCUT2D eigenvalue weighted by molar-refractivity contribution is -0.141. The van der Waals surface area contributed by atoms with E-state index in [4.69, 9.17) is 4.74 Å². The number of carbonyl (C=O) groups excluding carboxylic acids is 1. The summed E-state index contributed by atoms with van der Waals surface area (Å²) in [6.07, 6.45) is 1.10. The molecule has 3 atom stereocenters. The molecule has 0 aliphatic carbocycles. The van der Waals surface area contributed by atoms with Crippen LogP contribution in [0.3, 0.4) is 0 Å². The molecule has 8 nitrogen and oxygen atoms in total. The molecule has 0 N–H and O–H groups in total. The largest absolute Gasteiger partial charge is 0.471 e. The van der Waals surface area contributed by atoms with Crippen LogP contribution in [-0.2, 0) is 6.18 Å². The van der Waals surface area contributed by atoms with Crippen molar-refractivity contribution in [3.63, 3.8) is 0 Å². The second-order valence-corrected chi connectivity index (χ2v) is 7.59. The Labute approximate surface area is 178 Å². The third kappa shape index (κ3) is 3.45. The maximum Gasteiger partial charge on any atom is 0.434 e. The summed E-state index contributed by atoms with van der Waals surface area (Å²) < 4.78 is 58.6. The molecule has 5 rings (SSSR count). The molecule has 32 heavy (non-hydrogen) atoms. The van der Waals surface area contributed by atoms with Gasteiger partial charge in [0.1, 0.15) is 23.2 Å². The molecule has 1 aromatic carbocycles. The van der Waals surface area contributed by atoms with E-state index in [2.05, 4.69) is 20.2 Å². The van der Waals surface area contributed by atoms with Crippen LogP contribution in [0.5, 0.6) is 5.88 Å². The molecule has 12 heteroatoms. The first-order chi connectivity index (χ1) is 15.3. The van der Waals surface area contributed by atoms with Gasteiger partial charge in [0.05, 0.1) is 30.8 Å². The number of hydrogen-bond acceptors (Lipinski definition) is 6. The predicted molar refractivity (Wildman–Crippen MR) is 100 cm³/mol. The van der Waals surface area contributed by atoms with Gasteiger partial charge in [-0.3, -0.25) is 4.79 Å². The van der Waals surface area contributed by atoms with E-state index in [1.807, 2.05) is 0 Å². The Morgan fingerprint density at radius 2 is 1.88 bits per heavy atom. The first-order valence-corrected chi connectivity index (χ1v) is 9.86. The van der Waals surface area contributed by atoms with Crippen LogP contribution in [0.2, 0.25) is 0 Å². The van der Waals surface area contributed by atoms with Crippen LogP contribution in [0, 0.1) is 5.82 Å². The number of nitrogens with zero attached hydrogens (tertiary/aromatic N) is 6. The minimum atomic E-state index is -4.60. The molecule has 2 fully saturated rings. The first kappa shape index (κ1) is 20.3. The molecule has 2 aliphatic heterocycles. The van der Waals surface area contributed by atoms with E-state index in [9.17, 15) is 22.4 Å². The fourth-order valence-corrected chi connectivity index (χ4v) is 4.42. The fourth-order valence-electron chi connectivity index (χ4n) is 4.42. The van der Waals surface area contributed by atoms with Crippen molar-refractivity contribution in [1.29, 1.82) is 0 Å². The van der Waals surface area contributed by atoms with E-state index in [0.717, 1.165) is 12.6 Å². The van der Waals surface area contributed by atoms with Crippen molar-refractivity contribution >= 4 is 5.91 Å². The fraction of sp³-hybridized carbons (Fsp3) is 0.350. The highest BCUT2D eigenvalue weighted by Gasteiger charge is 2.51. The Balaban J connectivity index is 1.39. The SMILES string of the molecule is O=C(c1c(F)cccc1-n1nccn1)N1C2CCC1C(Oc1cnc(C(F)(F)F)cn1)C2. The van der Waals surface area contributed by atoms with Crippen molar-refractivity contribution < 1.29 is 27.1 Å². The van der Waals surface area contributed by atoms with Gasteiger partial charge in [-0.15, -0.1) is 0 Å². The van der Waals surface area contributed by atoms with Gasteiger partial charge in [0, 0.05) is 12.5 Å². The number of benzene rings is 1. The molecular weight excluding hydrogens is 432 g/mol. The number of ether oxygens (including phenoxy) is 1. The highest BCUT2D eigenvalue weighted by atomic mass is 19.4. The third-order valence-electron chi connectivity index (χ3n) is 5.74. The summed E-state index contributed by atoms with van der Waals surface area (Å²) in [6, 6.07) is 3.68. The van der Waals surface area contributed by atoms with Crippen LogP contribution in [-0.4, -0.2) is 54.0 Å². The van der Waals surface area contributed by atoms with Gasteiger partial charge in [-0.2, -0.15) is 28.2 Å². The highest BCUT2D eigenvalue weighted by molar-refractivity contribution is 5.98. The maximum absolute atomic E-state index is 14.7. The van der Waals surface area contributed by atoms with Crippen LogP contribution in [0.4, 0.5) is 17.6 Å². The van der Waals surface area contributed by atoms with Crippen molar-refractivity contribution in [3.8, 4) is 11.6 Å². The number of fused-ring (bicyclic) bond motifs is 2. The minimum absolute atomic E-state index is 0.0599. The summed E-state index contributed by atoms with van der Waals surface area (Å²) in [5.41, 5.74) is -1.04. The van der Waals surface area contributed by atoms with Crippen molar-refractivity contribution in [2.45, 2.75) is 43.6 Å². The van der Waals surface area contributed by atoms with Gasteiger partial charge in [0.2, 0.25) is 5.88 Å². The molecule has 0 spiro atoms. The summed E-state index contributed by atoms with van der Waals surface area (Å²) in [6.45, 7) is 0. The molecule has 2 aliphatic rings. The van der Waals surface area contributed by atoms with Crippen LogP contribution in [0.1, 0.15) is 35.3 Å². The lowest BCUT2D eigenvalue weighted by atomic mass is 9.98. The molecule has 1 amide bonds. The standard InChI is InChI=1S/C20H16F4N6O2/c21-12-2-1-3-14(30-27-6-7-28-30)18(12)19(31)29-11-4-5-13(29)15(8-11)32-17-10-25-16(9-26-17)20(22,23)24/h1-3,6-7,9-11,13,15H,4-5,8H2. The zero-order valence-corrected chi connectivity index (χ0v) is 16.4. The van der Waals surface area contributed by atoms with Crippen LogP contribution in [0.15, 0.2) is 43.0 Å².